The largest absolute Gasteiger partial charge is 0.508 e. The van der Waals surface area contributed by atoms with Crippen LogP contribution in [0.3, 0.4) is 0 Å². The molecule has 2 amide bonds. The van der Waals surface area contributed by atoms with Gasteiger partial charge in [-0.2, -0.15) is 0 Å². The number of primary amides is 1. The molecule has 4 heteroatoms. The Balaban J connectivity index is 2.94. The summed E-state index contributed by atoms with van der Waals surface area (Å²) in [4.78, 5) is 12.3. The number of phenolic OH excluding ortho intramolecular Hbond substituents is 1. The lowest BCUT2D eigenvalue weighted by Crippen LogP contribution is -2.34. The van der Waals surface area contributed by atoms with E-state index in [4.69, 9.17) is 5.73 Å². The van der Waals surface area contributed by atoms with E-state index in [1.54, 1.807) is 38.2 Å². The predicted octanol–water partition coefficient (Wildman–Crippen LogP) is 1.46. The van der Waals surface area contributed by atoms with Crippen molar-refractivity contribution in [2.75, 3.05) is 7.05 Å². The maximum atomic E-state index is 10.9. The van der Waals surface area contributed by atoms with Gasteiger partial charge in [-0.25, -0.2) is 4.79 Å². The Kier molecular flexibility index (Phi) is 2.96. The van der Waals surface area contributed by atoms with Crippen molar-refractivity contribution < 1.29 is 9.90 Å². The Morgan fingerprint density at radius 2 is 2.07 bits per heavy atom. The molecule has 0 heterocycles. The number of hydrogen-bond donors (Lipinski definition) is 2. The van der Waals surface area contributed by atoms with Gasteiger partial charge < -0.3 is 15.7 Å². The Morgan fingerprint density at radius 3 is 2.57 bits per heavy atom. The molecule has 1 atom stereocenters. The molecule has 0 bridgehead atoms. The highest BCUT2D eigenvalue weighted by molar-refractivity contribution is 5.72. The molecule has 0 aromatic heterocycles. The lowest BCUT2D eigenvalue weighted by Gasteiger charge is -2.23. The number of rotatable bonds is 2. The lowest BCUT2D eigenvalue weighted by atomic mass is 10.1. The maximum absolute atomic E-state index is 10.9. The van der Waals surface area contributed by atoms with Gasteiger partial charge in [-0.1, -0.05) is 18.2 Å². The van der Waals surface area contributed by atoms with Crippen LogP contribution < -0.4 is 5.73 Å². The van der Waals surface area contributed by atoms with E-state index in [9.17, 15) is 9.90 Å². The number of carbonyl (C=O) groups excluding carboxylic acids is 1. The molecule has 0 spiro atoms. The minimum absolute atomic E-state index is 0.174. The standard InChI is InChI=1S/C10H14N2O2/c1-7(12(2)10(11)14)8-5-3-4-6-9(8)13/h3-7,13H,1-2H3,(H2,11,14). The highest BCUT2D eigenvalue weighted by atomic mass is 16.3. The van der Waals surface area contributed by atoms with E-state index in [0.29, 0.717) is 5.56 Å². The molecule has 0 aliphatic rings. The number of urea groups is 1. The number of carbonyl (C=O) groups is 1. The Bertz CT molecular complexity index is 339. The van der Waals surface area contributed by atoms with Crippen molar-refractivity contribution in [3.63, 3.8) is 0 Å². The van der Waals surface area contributed by atoms with Crippen molar-refractivity contribution in [1.82, 2.24) is 4.90 Å². The number of para-hydroxylation sites is 1. The first-order valence-corrected chi connectivity index (χ1v) is 4.34. The van der Waals surface area contributed by atoms with Crippen LogP contribution in [-0.4, -0.2) is 23.1 Å². The molecule has 1 aromatic carbocycles. The first kappa shape index (κ1) is 10.4. The highest BCUT2D eigenvalue weighted by Gasteiger charge is 2.16. The van der Waals surface area contributed by atoms with Crippen LogP contribution in [0.2, 0.25) is 0 Å². The molecular weight excluding hydrogens is 180 g/mol. The van der Waals surface area contributed by atoms with Crippen molar-refractivity contribution in [3.05, 3.63) is 29.8 Å². The zero-order valence-electron chi connectivity index (χ0n) is 8.27. The minimum Gasteiger partial charge on any atom is -0.508 e. The summed E-state index contributed by atoms with van der Waals surface area (Å²) in [6.07, 6.45) is 0. The smallest absolute Gasteiger partial charge is 0.315 e. The molecular formula is C10H14N2O2. The molecule has 14 heavy (non-hydrogen) atoms. The average molecular weight is 194 g/mol. The van der Waals surface area contributed by atoms with Gasteiger partial charge in [0.25, 0.3) is 0 Å². The van der Waals surface area contributed by atoms with Crippen molar-refractivity contribution in [2.45, 2.75) is 13.0 Å². The van der Waals surface area contributed by atoms with Crippen molar-refractivity contribution in [3.8, 4) is 5.75 Å². The van der Waals surface area contributed by atoms with E-state index in [-0.39, 0.29) is 11.8 Å². The van der Waals surface area contributed by atoms with E-state index in [2.05, 4.69) is 0 Å². The number of hydrogen-bond acceptors (Lipinski definition) is 2. The van der Waals surface area contributed by atoms with Gasteiger partial charge in [0.15, 0.2) is 0 Å². The van der Waals surface area contributed by atoms with E-state index in [0.717, 1.165) is 0 Å². The van der Waals surface area contributed by atoms with E-state index < -0.39 is 6.03 Å². The highest BCUT2D eigenvalue weighted by Crippen LogP contribution is 2.26. The van der Waals surface area contributed by atoms with Crippen LogP contribution in [0.15, 0.2) is 24.3 Å². The van der Waals surface area contributed by atoms with E-state index in [1.807, 2.05) is 0 Å². The molecule has 1 rings (SSSR count). The molecule has 0 aliphatic carbocycles. The molecule has 1 aromatic rings. The molecule has 0 fully saturated rings. The summed E-state index contributed by atoms with van der Waals surface area (Å²) in [5.74, 6) is 0.174. The Morgan fingerprint density at radius 1 is 1.50 bits per heavy atom. The third-order valence-electron chi connectivity index (χ3n) is 2.32. The van der Waals surface area contributed by atoms with Crippen molar-refractivity contribution >= 4 is 6.03 Å². The summed E-state index contributed by atoms with van der Waals surface area (Å²) in [7, 11) is 1.60. The van der Waals surface area contributed by atoms with Crippen molar-refractivity contribution in [1.29, 1.82) is 0 Å². The van der Waals surface area contributed by atoms with Gasteiger partial charge in [-0.3, -0.25) is 0 Å². The van der Waals surface area contributed by atoms with Crippen LogP contribution in [0.25, 0.3) is 0 Å². The van der Waals surface area contributed by atoms with Gasteiger partial charge in [0.05, 0.1) is 6.04 Å². The predicted molar refractivity (Wildman–Crippen MR) is 53.9 cm³/mol. The van der Waals surface area contributed by atoms with Crippen LogP contribution >= 0.6 is 0 Å². The Labute approximate surface area is 82.9 Å². The second-order valence-electron chi connectivity index (χ2n) is 3.18. The SMILES string of the molecule is CC(c1ccccc1O)N(C)C(N)=O. The van der Waals surface area contributed by atoms with E-state index in [1.165, 1.54) is 4.90 Å². The summed E-state index contributed by atoms with van der Waals surface area (Å²) in [5, 5.41) is 9.53. The molecule has 1 unspecified atom stereocenters. The minimum atomic E-state index is -0.513. The number of phenols is 1. The quantitative estimate of drug-likeness (QED) is 0.748. The van der Waals surface area contributed by atoms with Crippen LogP contribution in [0.4, 0.5) is 4.79 Å². The normalized spacial score (nSPS) is 12.1. The zero-order chi connectivity index (χ0) is 10.7. The fraction of sp³-hybridized carbons (Fsp3) is 0.300. The second kappa shape index (κ2) is 4.00. The summed E-state index contributed by atoms with van der Waals surface area (Å²) < 4.78 is 0. The summed E-state index contributed by atoms with van der Waals surface area (Å²) in [6.45, 7) is 1.81. The number of benzene rings is 1. The summed E-state index contributed by atoms with van der Waals surface area (Å²) in [5.41, 5.74) is 5.82. The zero-order valence-corrected chi connectivity index (χ0v) is 8.27. The van der Waals surface area contributed by atoms with Gasteiger partial charge in [0.2, 0.25) is 0 Å². The van der Waals surface area contributed by atoms with Gasteiger partial charge in [-0.15, -0.1) is 0 Å². The van der Waals surface area contributed by atoms with E-state index >= 15 is 0 Å². The van der Waals surface area contributed by atoms with Gasteiger partial charge in [0, 0.05) is 12.6 Å². The summed E-state index contributed by atoms with van der Waals surface area (Å²) >= 11 is 0. The van der Waals surface area contributed by atoms with Gasteiger partial charge >= 0.3 is 6.03 Å². The van der Waals surface area contributed by atoms with Crippen molar-refractivity contribution in [2.24, 2.45) is 5.73 Å². The molecule has 76 valence electrons. The second-order valence-corrected chi connectivity index (χ2v) is 3.18. The third kappa shape index (κ3) is 1.96. The summed E-state index contributed by atoms with van der Waals surface area (Å²) in [6, 6.07) is 6.14. The van der Waals surface area contributed by atoms with Crippen LogP contribution in [-0.2, 0) is 0 Å². The fourth-order valence-electron chi connectivity index (χ4n) is 1.24. The molecule has 0 aliphatic heterocycles. The first-order valence-electron chi connectivity index (χ1n) is 4.34. The average Bonchev–Trinajstić information content (AvgIpc) is 2.16. The molecule has 0 saturated heterocycles. The monoisotopic (exact) mass is 194 g/mol. The number of amides is 2. The topological polar surface area (TPSA) is 66.6 Å². The first-order chi connectivity index (χ1) is 6.54. The number of nitrogens with two attached hydrogens (primary N) is 1. The third-order valence-corrected chi connectivity index (χ3v) is 2.32. The maximum Gasteiger partial charge on any atom is 0.315 e. The molecule has 0 saturated carbocycles. The number of aromatic hydroxyl groups is 1. The van der Waals surface area contributed by atoms with Crippen LogP contribution in [0.1, 0.15) is 18.5 Å². The fourth-order valence-corrected chi connectivity index (χ4v) is 1.24. The lowest BCUT2D eigenvalue weighted by molar-refractivity contribution is 0.203. The molecule has 0 radical (unpaired) electrons. The Hall–Kier alpha value is -1.71. The van der Waals surface area contributed by atoms with Gasteiger partial charge in [0.1, 0.15) is 5.75 Å². The van der Waals surface area contributed by atoms with Crippen LogP contribution in [0, 0.1) is 0 Å². The van der Waals surface area contributed by atoms with Crippen LogP contribution in [0.5, 0.6) is 5.75 Å². The number of nitrogens with zero attached hydrogens (tertiary/aromatic N) is 1. The van der Waals surface area contributed by atoms with Gasteiger partial charge in [-0.05, 0) is 13.0 Å². The molecule has 4 nitrogen and oxygen atoms in total. The molecule has 3 N–H and O–H groups in total.